The lowest BCUT2D eigenvalue weighted by Crippen LogP contribution is -2.44. The number of amides is 1. The van der Waals surface area contributed by atoms with Gasteiger partial charge in [-0.25, -0.2) is 9.97 Å². The lowest BCUT2D eigenvalue weighted by molar-refractivity contribution is -0.141. The van der Waals surface area contributed by atoms with E-state index >= 15 is 0 Å². The van der Waals surface area contributed by atoms with Crippen molar-refractivity contribution in [2.24, 2.45) is 0 Å². The SMILES string of the molecule is Cc1cc(C)nc([C@H]2CN(C(=O)COc3cccnc3)CCO2)n1. The molecule has 0 aliphatic carbocycles. The summed E-state index contributed by atoms with van der Waals surface area (Å²) in [6, 6.07) is 5.45. The highest BCUT2D eigenvalue weighted by atomic mass is 16.5. The highest BCUT2D eigenvalue weighted by Gasteiger charge is 2.27. The molecule has 1 atom stereocenters. The van der Waals surface area contributed by atoms with Crippen LogP contribution >= 0.6 is 0 Å². The van der Waals surface area contributed by atoms with Crippen molar-refractivity contribution >= 4 is 5.91 Å². The van der Waals surface area contributed by atoms with Gasteiger partial charge in [0, 0.05) is 24.1 Å². The van der Waals surface area contributed by atoms with E-state index in [-0.39, 0.29) is 18.6 Å². The van der Waals surface area contributed by atoms with Crippen molar-refractivity contribution in [3.05, 3.63) is 47.8 Å². The minimum atomic E-state index is -0.306. The van der Waals surface area contributed by atoms with Crippen molar-refractivity contribution in [1.29, 1.82) is 0 Å². The fraction of sp³-hybridized carbons (Fsp3) is 0.412. The van der Waals surface area contributed by atoms with Crippen LogP contribution in [0.4, 0.5) is 0 Å². The third-order valence-electron chi connectivity index (χ3n) is 3.70. The summed E-state index contributed by atoms with van der Waals surface area (Å²) in [6.45, 7) is 5.25. The van der Waals surface area contributed by atoms with Gasteiger partial charge in [-0.15, -0.1) is 0 Å². The zero-order valence-corrected chi connectivity index (χ0v) is 13.8. The lowest BCUT2D eigenvalue weighted by Gasteiger charge is -2.32. The van der Waals surface area contributed by atoms with E-state index in [9.17, 15) is 4.79 Å². The lowest BCUT2D eigenvalue weighted by atomic mass is 10.2. The zero-order chi connectivity index (χ0) is 16.9. The number of hydrogen-bond acceptors (Lipinski definition) is 6. The normalized spacial score (nSPS) is 17.6. The van der Waals surface area contributed by atoms with Gasteiger partial charge in [0.15, 0.2) is 12.4 Å². The second kappa shape index (κ2) is 7.35. The van der Waals surface area contributed by atoms with Crippen molar-refractivity contribution in [1.82, 2.24) is 19.9 Å². The van der Waals surface area contributed by atoms with E-state index in [0.29, 0.717) is 31.3 Å². The predicted octanol–water partition coefficient (Wildman–Crippen LogP) is 1.47. The van der Waals surface area contributed by atoms with Crippen LogP contribution < -0.4 is 4.74 Å². The van der Waals surface area contributed by atoms with Gasteiger partial charge in [0.1, 0.15) is 11.9 Å². The third-order valence-corrected chi connectivity index (χ3v) is 3.70. The molecule has 1 amide bonds. The Kier molecular flexibility index (Phi) is 5.00. The molecule has 0 spiro atoms. The summed E-state index contributed by atoms with van der Waals surface area (Å²) < 4.78 is 11.2. The van der Waals surface area contributed by atoms with Gasteiger partial charge >= 0.3 is 0 Å². The van der Waals surface area contributed by atoms with Crippen LogP contribution in [0.1, 0.15) is 23.3 Å². The van der Waals surface area contributed by atoms with Gasteiger partial charge in [-0.05, 0) is 32.0 Å². The van der Waals surface area contributed by atoms with Crippen LogP contribution in [0.3, 0.4) is 0 Å². The quantitative estimate of drug-likeness (QED) is 0.846. The van der Waals surface area contributed by atoms with Gasteiger partial charge < -0.3 is 14.4 Å². The van der Waals surface area contributed by atoms with E-state index in [4.69, 9.17) is 9.47 Å². The van der Waals surface area contributed by atoms with E-state index < -0.39 is 0 Å². The average Bonchev–Trinajstić information content (AvgIpc) is 2.60. The fourth-order valence-corrected chi connectivity index (χ4v) is 2.60. The topological polar surface area (TPSA) is 77.4 Å². The highest BCUT2D eigenvalue weighted by molar-refractivity contribution is 5.77. The summed E-state index contributed by atoms with van der Waals surface area (Å²) in [5, 5.41) is 0. The molecule has 7 nitrogen and oxygen atoms in total. The minimum absolute atomic E-state index is 0.0217. The molecule has 3 rings (SSSR count). The molecule has 126 valence electrons. The number of hydrogen-bond donors (Lipinski definition) is 0. The molecule has 2 aromatic heterocycles. The summed E-state index contributed by atoms with van der Waals surface area (Å²) in [5.41, 5.74) is 1.79. The Bertz CT molecular complexity index is 688. The Hall–Kier alpha value is -2.54. The summed E-state index contributed by atoms with van der Waals surface area (Å²) in [4.78, 5) is 26.9. The Morgan fingerprint density at radius 3 is 2.88 bits per heavy atom. The second-order valence-corrected chi connectivity index (χ2v) is 5.69. The highest BCUT2D eigenvalue weighted by Crippen LogP contribution is 2.20. The number of carbonyl (C=O) groups is 1. The maximum atomic E-state index is 12.4. The van der Waals surface area contributed by atoms with Crippen LogP contribution in [0, 0.1) is 13.8 Å². The third kappa shape index (κ3) is 4.05. The van der Waals surface area contributed by atoms with Crippen molar-refractivity contribution in [3.8, 4) is 5.75 Å². The van der Waals surface area contributed by atoms with Gasteiger partial charge in [0.2, 0.25) is 0 Å². The molecule has 1 fully saturated rings. The molecule has 0 saturated carbocycles. The molecule has 0 bridgehead atoms. The standard InChI is InChI=1S/C17H20N4O3/c1-12-8-13(2)20-17(19-12)15-10-21(6-7-23-15)16(22)11-24-14-4-3-5-18-9-14/h3-5,8-9,15H,6-7,10-11H2,1-2H3/t15-/m1/s1. The molecule has 0 N–H and O–H groups in total. The van der Waals surface area contributed by atoms with Gasteiger partial charge in [-0.2, -0.15) is 0 Å². The average molecular weight is 328 g/mol. The first-order chi connectivity index (χ1) is 11.6. The van der Waals surface area contributed by atoms with Crippen LogP contribution in [0.2, 0.25) is 0 Å². The van der Waals surface area contributed by atoms with Crippen LogP contribution in [-0.2, 0) is 9.53 Å². The summed E-state index contributed by atoms with van der Waals surface area (Å²) >= 11 is 0. The van der Waals surface area contributed by atoms with E-state index in [1.54, 1.807) is 29.4 Å². The summed E-state index contributed by atoms with van der Waals surface area (Å²) in [5.74, 6) is 1.11. The number of rotatable bonds is 4. The molecule has 0 aromatic carbocycles. The molecule has 1 saturated heterocycles. The monoisotopic (exact) mass is 328 g/mol. The van der Waals surface area contributed by atoms with Gasteiger partial charge in [0.05, 0.1) is 19.3 Å². The van der Waals surface area contributed by atoms with Crippen LogP contribution in [0.5, 0.6) is 5.75 Å². The van der Waals surface area contributed by atoms with Gasteiger partial charge in [-0.1, -0.05) is 0 Å². The van der Waals surface area contributed by atoms with E-state index in [1.807, 2.05) is 19.9 Å². The van der Waals surface area contributed by atoms with Crippen LogP contribution in [0.25, 0.3) is 0 Å². The molecule has 1 aliphatic heterocycles. The number of carbonyl (C=O) groups excluding carboxylic acids is 1. The Balaban J connectivity index is 1.61. The minimum Gasteiger partial charge on any atom is -0.482 e. The number of ether oxygens (including phenoxy) is 2. The van der Waals surface area contributed by atoms with E-state index in [1.165, 1.54) is 0 Å². The van der Waals surface area contributed by atoms with Crippen molar-refractivity contribution in [3.63, 3.8) is 0 Å². The Morgan fingerprint density at radius 2 is 2.17 bits per heavy atom. The molecular weight excluding hydrogens is 308 g/mol. The first-order valence-electron chi connectivity index (χ1n) is 7.86. The van der Waals surface area contributed by atoms with Crippen molar-refractivity contribution in [2.45, 2.75) is 20.0 Å². The molecule has 7 heteroatoms. The number of aromatic nitrogens is 3. The second-order valence-electron chi connectivity index (χ2n) is 5.69. The maximum Gasteiger partial charge on any atom is 0.260 e. The molecule has 1 aliphatic rings. The molecule has 0 unspecified atom stereocenters. The van der Waals surface area contributed by atoms with Crippen LogP contribution in [-0.4, -0.2) is 52.1 Å². The number of pyridine rings is 1. The van der Waals surface area contributed by atoms with E-state index in [0.717, 1.165) is 11.4 Å². The molecular formula is C17H20N4O3. The largest absolute Gasteiger partial charge is 0.482 e. The molecule has 2 aromatic rings. The molecule has 24 heavy (non-hydrogen) atoms. The number of morpholine rings is 1. The zero-order valence-electron chi connectivity index (χ0n) is 13.8. The van der Waals surface area contributed by atoms with Gasteiger partial charge in [-0.3, -0.25) is 9.78 Å². The van der Waals surface area contributed by atoms with E-state index in [2.05, 4.69) is 15.0 Å². The predicted molar refractivity (Wildman–Crippen MR) is 86.5 cm³/mol. The first kappa shape index (κ1) is 16.3. The first-order valence-corrected chi connectivity index (χ1v) is 7.86. The Morgan fingerprint density at radius 1 is 1.38 bits per heavy atom. The van der Waals surface area contributed by atoms with Gasteiger partial charge in [0.25, 0.3) is 5.91 Å². The molecule has 3 heterocycles. The van der Waals surface area contributed by atoms with Crippen molar-refractivity contribution < 1.29 is 14.3 Å². The number of aryl methyl sites for hydroxylation is 2. The Labute approximate surface area is 140 Å². The number of nitrogens with zero attached hydrogens (tertiary/aromatic N) is 4. The summed E-state index contributed by atoms with van der Waals surface area (Å²) in [6.07, 6.45) is 2.93. The van der Waals surface area contributed by atoms with Crippen LogP contribution in [0.15, 0.2) is 30.6 Å². The maximum absolute atomic E-state index is 12.4. The van der Waals surface area contributed by atoms with Crippen molar-refractivity contribution in [2.75, 3.05) is 26.3 Å². The fourth-order valence-electron chi connectivity index (χ4n) is 2.60. The molecule has 0 radical (unpaired) electrons. The summed E-state index contributed by atoms with van der Waals surface area (Å²) in [7, 11) is 0. The smallest absolute Gasteiger partial charge is 0.260 e.